The first-order chi connectivity index (χ1) is 10.3. The maximum Gasteiger partial charge on any atom is 0.290 e. The van der Waals surface area contributed by atoms with Crippen LogP contribution in [0.5, 0.6) is 0 Å². The Kier molecular flexibility index (Phi) is 5.23. The van der Waals surface area contributed by atoms with E-state index in [0.717, 1.165) is 23.6 Å². The van der Waals surface area contributed by atoms with Crippen LogP contribution in [0.25, 0.3) is 11.4 Å². The molecule has 0 fully saturated rings. The summed E-state index contributed by atoms with van der Waals surface area (Å²) in [5.41, 5.74) is 2.16. The third-order valence-electron chi connectivity index (χ3n) is 2.81. The fraction of sp³-hybridized carbons (Fsp3) is 0.0625. The second kappa shape index (κ2) is 7.59. The molecule has 1 N–H and O–H groups in total. The molecule has 2 aromatic heterocycles. The van der Waals surface area contributed by atoms with Crippen molar-refractivity contribution in [3.8, 4) is 11.4 Å². The summed E-state index contributed by atoms with van der Waals surface area (Å²) in [6.45, 7) is 0.491. The lowest BCUT2D eigenvalue weighted by atomic mass is 10.2. The molecule has 21 heavy (non-hydrogen) atoms. The van der Waals surface area contributed by atoms with E-state index in [9.17, 15) is 0 Å². The molecule has 0 spiro atoms. The van der Waals surface area contributed by atoms with Crippen molar-refractivity contribution in [3.63, 3.8) is 0 Å². The first-order valence-electron chi connectivity index (χ1n) is 6.39. The molecular formula is C16H15N3O2. The number of pyridine rings is 1. The maximum atomic E-state index is 8.36. The number of nitrogens with zero attached hydrogens (tertiary/aromatic N) is 3. The molecule has 106 valence electrons. The molecule has 0 unspecified atom stereocenters. The van der Waals surface area contributed by atoms with Gasteiger partial charge >= 0.3 is 0 Å². The van der Waals surface area contributed by atoms with Crippen LogP contribution >= 0.6 is 0 Å². The monoisotopic (exact) mass is 281 g/mol. The molecule has 3 aromatic rings. The number of carboxylic acid groups (broad SMARTS) is 1. The van der Waals surface area contributed by atoms with Crippen LogP contribution in [0.3, 0.4) is 0 Å². The maximum absolute atomic E-state index is 8.36. The van der Waals surface area contributed by atoms with E-state index in [1.54, 1.807) is 0 Å². The normalized spacial score (nSPS) is 9.52. The summed E-state index contributed by atoms with van der Waals surface area (Å²) < 4.78 is 2.11. The second-order valence-electron chi connectivity index (χ2n) is 4.17. The summed E-state index contributed by atoms with van der Waals surface area (Å²) in [4.78, 5) is 17.1. The predicted octanol–water partition coefficient (Wildman–Crippen LogP) is 2.69. The van der Waals surface area contributed by atoms with Crippen molar-refractivity contribution in [1.29, 1.82) is 0 Å². The topological polar surface area (TPSA) is 68.0 Å². The minimum Gasteiger partial charge on any atom is -0.483 e. The van der Waals surface area contributed by atoms with Gasteiger partial charge in [-0.05, 0) is 12.1 Å². The van der Waals surface area contributed by atoms with Gasteiger partial charge in [-0.1, -0.05) is 36.4 Å². The van der Waals surface area contributed by atoms with Gasteiger partial charge in [0.05, 0.1) is 12.2 Å². The lowest BCUT2D eigenvalue weighted by Gasteiger charge is -2.07. The lowest BCUT2D eigenvalue weighted by Crippen LogP contribution is -2.02. The van der Waals surface area contributed by atoms with E-state index in [4.69, 9.17) is 9.90 Å². The summed E-state index contributed by atoms with van der Waals surface area (Å²) in [5.74, 6) is 0.973. The molecule has 2 heterocycles. The summed E-state index contributed by atoms with van der Waals surface area (Å²) in [7, 11) is 0. The molecule has 0 saturated heterocycles. The minimum absolute atomic E-state index is 0.250. The highest BCUT2D eigenvalue weighted by atomic mass is 16.3. The highest BCUT2D eigenvalue weighted by Gasteiger charge is 2.05. The zero-order chi connectivity index (χ0) is 14.9. The van der Waals surface area contributed by atoms with Crippen molar-refractivity contribution in [2.24, 2.45) is 0 Å². The number of carbonyl (C=O) groups is 1. The number of hydrogen-bond donors (Lipinski definition) is 1. The van der Waals surface area contributed by atoms with Crippen LogP contribution in [0, 0.1) is 0 Å². The van der Waals surface area contributed by atoms with Gasteiger partial charge in [-0.25, -0.2) is 4.98 Å². The molecule has 0 aliphatic heterocycles. The molecule has 5 nitrogen and oxygen atoms in total. The number of hydrogen-bond acceptors (Lipinski definition) is 3. The van der Waals surface area contributed by atoms with Crippen LogP contribution < -0.4 is 0 Å². The van der Waals surface area contributed by atoms with Gasteiger partial charge in [0.2, 0.25) is 0 Å². The summed E-state index contributed by atoms with van der Waals surface area (Å²) in [6, 6.07) is 16.1. The second-order valence-corrected chi connectivity index (χ2v) is 4.17. The first-order valence-corrected chi connectivity index (χ1v) is 6.39. The van der Waals surface area contributed by atoms with Gasteiger partial charge < -0.3 is 9.67 Å². The van der Waals surface area contributed by atoms with Gasteiger partial charge in [0.25, 0.3) is 6.47 Å². The van der Waals surface area contributed by atoms with E-state index >= 15 is 0 Å². The molecule has 0 saturated carbocycles. The molecule has 0 aliphatic carbocycles. The van der Waals surface area contributed by atoms with Gasteiger partial charge in [-0.3, -0.25) is 9.78 Å². The van der Waals surface area contributed by atoms with E-state index in [1.807, 2.05) is 55.0 Å². The van der Waals surface area contributed by atoms with Gasteiger partial charge in [0.1, 0.15) is 5.82 Å². The van der Waals surface area contributed by atoms with Gasteiger partial charge in [-0.2, -0.15) is 0 Å². The number of rotatable bonds is 3. The molecule has 0 amide bonds. The van der Waals surface area contributed by atoms with E-state index in [0.29, 0.717) is 0 Å². The van der Waals surface area contributed by atoms with Crippen molar-refractivity contribution in [3.05, 3.63) is 72.8 Å². The molecule has 0 atom stereocenters. The summed E-state index contributed by atoms with van der Waals surface area (Å²) in [6.07, 6.45) is 5.62. The Bertz CT molecular complexity index is 666. The van der Waals surface area contributed by atoms with Gasteiger partial charge in [0.15, 0.2) is 0 Å². The molecular weight excluding hydrogens is 266 g/mol. The van der Waals surface area contributed by atoms with E-state index < -0.39 is 0 Å². The average molecular weight is 281 g/mol. The highest BCUT2D eigenvalue weighted by molar-refractivity contribution is 5.55. The number of benzene rings is 1. The average Bonchev–Trinajstić information content (AvgIpc) is 2.98. The smallest absolute Gasteiger partial charge is 0.290 e. The Labute approximate surface area is 122 Å². The zero-order valence-electron chi connectivity index (χ0n) is 11.3. The number of aromatic nitrogens is 3. The predicted molar refractivity (Wildman–Crippen MR) is 79.7 cm³/mol. The van der Waals surface area contributed by atoms with Crippen LogP contribution in [-0.4, -0.2) is 26.1 Å². The molecule has 1 aromatic carbocycles. The minimum atomic E-state index is -0.250. The van der Waals surface area contributed by atoms with Crippen LogP contribution in [0.2, 0.25) is 0 Å². The first kappa shape index (κ1) is 14.5. The van der Waals surface area contributed by atoms with Crippen molar-refractivity contribution in [2.75, 3.05) is 0 Å². The van der Waals surface area contributed by atoms with Crippen molar-refractivity contribution >= 4 is 6.47 Å². The largest absolute Gasteiger partial charge is 0.483 e. The SMILES string of the molecule is O=CO.c1ccc(-c2nccn2Cc2ccccn2)cc1. The van der Waals surface area contributed by atoms with Gasteiger partial charge in [0, 0.05) is 24.2 Å². The third-order valence-corrected chi connectivity index (χ3v) is 2.81. The van der Waals surface area contributed by atoms with E-state index in [1.165, 1.54) is 0 Å². The Balaban J connectivity index is 0.000000497. The molecule has 0 radical (unpaired) electrons. The van der Waals surface area contributed by atoms with Crippen LogP contribution in [0.15, 0.2) is 67.1 Å². The van der Waals surface area contributed by atoms with E-state index in [-0.39, 0.29) is 6.47 Å². The molecule has 0 aliphatic rings. The lowest BCUT2D eigenvalue weighted by molar-refractivity contribution is -0.122. The molecule has 3 rings (SSSR count). The van der Waals surface area contributed by atoms with Crippen molar-refractivity contribution < 1.29 is 9.90 Å². The third kappa shape index (κ3) is 4.01. The van der Waals surface area contributed by atoms with Crippen molar-refractivity contribution in [2.45, 2.75) is 6.54 Å². The van der Waals surface area contributed by atoms with Crippen molar-refractivity contribution in [1.82, 2.24) is 14.5 Å². The Morgan fingerprint density at radius 1 is 1.00 bits per heavy atom. The Morgan fingerprint density at radius 2 is 1.71 bits per heavy atom. The highest BCUT2D eigenvalue weighted by Crippen LogP contribution is 2.17. The van der Waals surface area contributed by atoms with Crippen LogP contribution in [-0.2, 0) is 11.3 Å². The van der Waals surface area contributed by atoms with Crippen LogP contribution in [0.1, 0.15) is 5.69 Å². The standard InChI is InChI=1S/C15H13N3.CH2O2/c1-2-6-13(7-3-1)15-17-10-11-18(15)12-14-8-4-5-9-16-14;2-1-3/h1-11H,12H2;1H,(H,2,3). The fourth-order valence-electron chi connectivity index (χ4n) is 1.95. The summed E-state index contributed by atoms with van der Waals surface area (Å²) in [5, 5.41) is 6.89. The van der Waals surface area contributed by atoms with Crippen LogP contribution in [0.4, 0.5) is 0 Å². The zero-order valence-corrected chi connectivity index (χ0v) is 11.3. The summed E-state index contributed by atoms with van der Waals surface area (Å²) >= 11 is 0. The van der Waals surface area contributed by atoms with Gasteiger partial charge in [-0.15, -0.1) is 0 Å². The molecule has 5 heteroatoms. The quantitative estimate of drug-likeness (QED) is 0.749. The molecule has 0 bridgehead atoms. The fourth-order valence-corrected chi connectivity index (χ4v) is 1.95. The number of imidazole rings is 1. The Morgan fingerprint density at radius 3 is 2.38 bits per heavy atom. The van der Waals surface area contributed by atoms with E-state index in [2.05, 4.69) is 26.7 Å². The Hall–Kier alpha value is -2.95.